The minimum Gasteiger partial charge on any atom is -0.492 e. The van der Waals surface area contributed by atoms with Gasteiger partial charge in [-0.15, -0.1) is 0 Å². The fourth-order valence-electron chi connectivity index (χ4n) is 3.88. The van der Waals surface area contributed by atoms with Gasteiger partial charge in [0, 0.05) is 18.8 Å². The molecule has 2 aromatic carbocycles. The molecule has 0 spiro atoms. The molecule has 1 aromatic heterocycles. The number of nitrogens with two attached hydrogens (primary N) is 1. The first-order valence-corrected chi connectivity index (χ1v) is 10.2. The van der Waals surface area contributed by atoms with E-state index in [0.29, 0.717) is 12.1 Å². The first kappa shape index (κ1) is 20.7. The average Bonchev–Trinajstić information content (AvgIpc) is 3.60. The van der Waals surface area contributed by atoms with E-state index < -0.39 is 22.8 Å². The summed E-state index contributed by atoms with van der Waals surface area (Å²) in [5, 5.41) is 12.3. The Morgan fingerprint density at radius 3 is 2.65 bits per heavy atom. The lowest BCUT2D eigenvalue weighted by Crippen LogP contribution is -2.21. The van der Waals surface area contributed by atoms with Crippen molar-refractivity contribution in [3.05, 3.63) is 63.7 Å². The Hall–Kier alpha value is -3.55. The molecular weight excluding hydrogens is 401 g/mol. The second-order valence-electron chi connectivity index (χ2n) is 7.69. The number of hydrogen-bond acceptors (Lipinski definition) is 5. The summed E-state index contributed by atoms with van der Waals surface area (Å²) in [5.41, 5.74) is 5.98. The van der Waals surface area contributed by atoms with E-state index in [1.54, 1.807) is 4.57 Å². The fraction of sp³-hybridized carbons (Fsp3) is 0.304. The van der Waals surface area contributed by atoms with E-state index in [1.807, 2.05) is 30.3 Å². The van der Waals surface area contributed by atoms with E-state index in [9.17, 15) is 14.7 Å². The van der Waals surface area contributed by atoms with Crippen molar-refractivity contribution < 1.29 is 19.0 Å². The van der Waals surface area contributed by atoms with Gasteiger partial charge in [0.1, 0.15) is 11.3 Å². The lowest BCUT2D eigenvalue weighted by molar-refractivity contribution is 0.0695. The van der Waals surface area contributed by atoms with Gasteiger partial charge in [0.2, 0.25) is 5.43 Å². The third-order valence-corrected chi connectivity index (χ3v) is 5.56. The summed E-state index contributed by atoms with van der Waals surface area (Å²) in [7, 11) is 1.40. The van der Waals surface area contributed by atoms with Gasteiger partial charge >= 0.3 is 5.97 Å². The van der Waals surface area contributed by atoms with E-state index in [0.717, 1.165) is 25.7 Å². The number of aromatic nitrogens is 1. The number of fused-ring (bicyclic) bond motifs is 1. The number of rotatable bonds is 8. The van der Waals surface area contributed by atoms with Gasteiger partial charge in [0.15, 0.2) is 11.6 Å². The van der Waals surface area contributed by atoms with Crippen molar-refractivity contribution in [2.24, 2.45) is 0 Å². The summed E-state index contributed by atoms with van der Waals surface area (Å²) in [6, 6.07) is 9.98. The standard InChI is InChI=1S/C23H24FN3O4/c1-31-22-19(26-11-5-8-13-6-3-2-4-7-13)17(24)18(25)16-20(22)27(14-9-10-14)12-15(21(16)28)23(29)30/h2-4,6-7,12,14,26H,5,8-11,25H2,1H3,(H,29,30). The monoisotopic (exact) mass is 425 g/mol. The van der Waals surface area contributed by atoms with Crippen LogP contribution in [0.25, 0.3) is 10.9 Å². The largest absolute Gasteiger partial charge is 0.492 e. The van der Waals surface area contributed by atoms with Crippen LogP contribution in [0.5, 0.6) is 5.75 Å². The van der Waals surface area contributed by atoms with E-state index >= 15 is 4.39 Å². The maximum Gasteiger partial charge on any atom is 0.341 e. The van der Waals surface area contributed by atoms with Crippen molar-refractivity contribution in [1.82, 2.24) is 4.57 Å². The van der Waals surface area contributed by atoms with Gasteiger partial charge < -0.3 is 25.5 Å². The zero-order valence-electron chi connectivity index (χ0n) is 17.2. The van der Waals surface area contributed by atoms with E-state index in [1.165, 1.54) is 18.9 Å². The Morgan fingerprint density at radius 2 is 2.03 bits per heavy atom. The summed E-state index contributed by atoms with van der Waals surface area (Å²) in [6.07, 6.45) is 4.53. The van der Waals surface area contributed by atoms with Gasteiger partial charge in [0.25, 0.3) is 0 Å². The van der Waals surface area contributed by atoms with Crippen LogP contribution in [0.2, 0.25) is 0 Å². The summed E-state index contributed by atoms with van der Waals surface area (Å²) in [5.74, 6) is -2.03. The Morgan fingerprint density at radius 1 is 1.32 bits per heavy atom. The number of ether oxygens (including phenoxy) is 1. The van der Waals surface area contributed by atoms with Crippen LogP contribution in [0, 0.1) is 5.82 Å². The molecule has 3 aromatic rings. The third kappa shape index (κ3) is 3.81. The summed E-state index contributed by atoms with van der Waals surface area (Å²) in [4.78, 5) is 24.4. The Kier molecular flexibility index (Phi) is 5.54. The molecule has 4 N–H and O–H groups in total. The van der Waals surface area contributed by atoms with Gasteiger partial charge in [-0.1, -0.05) is 30.3 Å². The summed E-state index contributed by atoms with van der Waals surface area (Å²) >= 11 is 0. The predicted octanol–water partition coefficient (Wildman–Crippen LogP) is 3.81. The summed E-state index contributed by atoms with van der Waals surface area (Å²) in [6.45, 7) is 0.466. The number of methoxy groups -OCH3 is 1. The molecule has 8 heteroatoms. The Labute approximate surface area is 178 Å². The zero-order valence-corrected chi connectivity index (χ0v) is 17.2. The molecule has 31 heavy (non-hydrogen) atoms. The number of aryl methyl sites for hydroxylation is 1. The van der Waals surface area contributed by atoms with Crippen LogP contribution >= 0.6 is 0 Å². The molecule has 0 unspecified atom stereocenters. The van der Waals surface area contributed by atoms with Gasteiger partial charge in [-0.3, -0.25) is 4.79 Å². The highest BCUT2D eigenvalue weighted by Crippen LogP contribution is 2.44. The van der Waals surface area contributed by atoms with Crippen LogP contribution in [0.15, 0.2) is 41.3 Å². The molecule has 0 amide bonds. The number of nitrogens with zero attached hydrogens (tertiary/aromatic N) is 1. The van der Waals surface area contributed by atoms with Gasteiger partial charge in [-0.2, -0.15) is 0 Å². The van der Waals surface area contributed by atoms with Crippen LogP contribution in [-0.2, 0) is 6.42 Å². The number of anilines is 2. The number of aromatic carboxylic acids is 1. The van der Waals surface area contributed by atoms with Crippen LogP contribution in [0.4, 0.5) is 15.8 Å². The number of nitrogens with one attached hydrogen (secondary N) is 1. The molecule has 7 nitrogen and oxygen atoms in total. The number of benzene rings is 2. The number of pyridine rings is 1. The average molecular weight is 425 g/mol. The molecule has 1 aliphatic rings. The molecule has 0 radical (unpaired) electrons. The minimum atomic E-state index is -1.37. The minimum absolute atomic E-state index is 0.0193. The summed E-state index contributed by atoms with van der Waals surface area (Å²) < 4.78 is 22.4. The number of halogens is 1. The normalized spacial score (nSPS) is 13.4. The second-order valence-corrected chi connectivity index (χ2v) is 7.69. The molecule has 0 aliphatic heterocycles. The quantitative estimate of drug-likeness (QED) is 0.374. The number of hydrogen-bond donors (Lipinski definition) is 3. The lowest BCUT2D eigenvalue weighted by Gasteiger charge is -2.20. The van der Waals surface area contributed by atoms with Crippen molar-refractivity contribution in [3.8, 4) is 5.75 Å². The molecule has 0 atom stereocenters. The van der Waals surface area contributed by atoms with Crippen LogP contribution in [-0.4, -0.2) is 29.3 Å². The van der Waals surface area contributed by atoms with E-state index in [2.05, 4.69) is 5.32 Å². The predicted molar refractivity (Wildman–Crippen MR) is 118 cm³/mol. The lowest BCUT2D eigenvalue weighted by atomic mass is 10.1. The van der Waals surface area contributed by atoms with Crippen LogP contribution in [0.3, 0.4) is 0 Å². The van der Waals surface area contributed by atoms with E-state index in [4.69, 9.17) is 10.5 Å². The molecule has 1 saturated carbocycles. The van der Waals surface area contributed by atoms with Gasteiger partial charge in [0.05, 0.1) is 23.7 Å². The molecule has 162 valence electrons. The zero-order chi connectivity index (χ0) is 22.1. The van der Waals surface area contributed by atoms with Crippen molar-refractivity contribution in [2.75, 3.05) is 24.7 Å². The van der Waals surface area contributed by atoms with Crippen molar-refractivity contribution >= 4 is 28.2 Å². The van der Waals surface area contributed by atoms with Crippen molar-refractivity contribution in [3.63, 3.8) is 0 Å². The van der Waals surface area contributed by atoms with Crippen LogP contribution in [0.1, 0.15) is 41.2 Å². The highest BCUT2D eigenvalue weighted by atomic mass is 19.1. The number of carboxylic acid groups (broad SMARTS) is 1. The number of carbonyl (C=O) groups is 1. The first-order chi connectivity index (χ1) is 14.9. The van der Waals surface area contributed by atoms with Gasteiger partial charge in [-0.25, -0.2) is 9.18 Å². The molecular formula is C23H24FN3O4. The Balaban J connectivity index is 1.77. The second kappa shape index (κ2) is 8.29. The highest BCUT2D eigenvalue weighted by Gasteiger charge is 2.31. The van der Waals surface area contributed by atoms with Crippen molar-refractivity contribution in [1.29, 1.82) is 0 Å². The number of nitrogen functional groups attached to an aromatic ring is 1. The fourth-order valence-corrected chi connectivity index (χ4v) is 3.88. The smallest absolute Gasteiger partial charge is 0.341 e. The molecule has 1 fully saturated rings. The molecule has 4 rings (SSSR count). The molecule has 1 aliphatic carbocycles. The maximum absolute atomic E-state index is 15.2. The third-order valence-electron chi connectivity index (χ3n) is 5.56. The maximum atomic E-state index is 15.2. The molecule has 0 bridgehead atoms. The van der Waals surface area contributed by atoms with E-state index in [-0.39, 0.29) is 28.6 Å². The number of carboxylic acids is 1. The topological polar surface area (TPSA) is 107 Å². The van der Waals surface area contributed by atoms with Crippen LogP contribution < -0.4 is 21.2 Å². The first-order valence-electron chi connectivity index (χ1n) is 10.2. The van der Waals surface area contributed by atoms with Crippen molar-refractivity contribution in [2.45, 2.75) is 31.7 Å². The molecule has 1 heterocycles. The van der Waals surface area contributed by atoms with Gasteiger partial charge in [-0.05, 0) is 31.2 Å². The highest BCUT2D eigenvalue weighted by molar-refractivity contribution is 6.03. The molecule has 0 saturated heterocycles. The Bertz CT molecular complexity index is 1200. The SMILES string of the molecule is COc1c(NCCCc2ccccc2)c(F)c(N)c2c(=O)c(C(=O)O)cn(C3CC3)c12.